The number of nitro groups is 2. The zero-order valence-electron chi connectivity index (χ0n) is 13.8. The number of nitrogens with zero attached hydrogens (tertiary/aromatic N) is 2. The Morgan fingerprint density at radius 2 is 1.81 bits per heavy atom. The number of halogens is 2. The lowest BCUT2D eigenvalue weighted by Crippen LogP contribution is -2.29. The zero-order chi connectivity index (χ0) is 19.3. The van der Waals surface area contributed by atoms with E-state index in [4.69, 9.17) is 23.2 Å². The third kappa shape index (κ3) is 2.93. The largest absolute Gasteiger partial charge is 0.376 e. The highest BCUT2D eigenvalue weighted by Crippen LogP contribution is 2.52. The number of hydrogen-bond donors (Lipinski definition) is 1. The number of nitrogens with one attached hydrogen (secondary N) is 1. The summed E-state index contributed by atoms with van der Waals surface area (Å²) in [7, 11) is 0. The summed E-state index contributed by atoms with van der Waals surface area (Å²) < 4.78 is 0. The zero-order valence-corrected chi connectivity index (χ0v) is 15.3. The minimum Gasteiger partial charge on any atom is -0.376 e. The first-order valence-corrected chi connectivity index (χ1v) is 8.97. The standard InChI is InChI=1S/C18H13Cl2N3O4/c19-14-5-4-9(6-16(14)23(26)27)17-12-3-1-2-11(12)13-7-10(22(24)25)8-15(20)18(13)21-17/h1-2,4-8,11-12,17,21H,3H2/t11-,12+,17+/m1/s1. The molecule has 0 unspecified atom stereocenters. The van der Waals surface area contributed by atoms with Gasteiger partial charge in [0.25, 0.3) is 11.4 Å². The Morgan fingerprint density at radius 1 is 1.04 bits per heavy atom. The second kappa shape index (κ2) is 6.51. The van der Waals surface area contributed by atoms with Crippen LogP contribution in [0.25, 0.3) is 0 Å². The lowest BCUT2D eigenvalue weighted by Gasteiger charge is -2.37. The van der Waals surface area contributed by atoms with Crippen molar-refractivity contribution < 1.29 is 9.85 Å². The van der Waals surface area contributed by atoms with E-state index >= 15 is 0 Å². The van der Waals surface area contributed by atoms with Gasteiger partial charge in [0.2, 0.25) is 0 Å². The van der Waals surface area contributed by atoms with Crippen LogP contribution in [0.15, 0.2) is 42.5 Å². The Balaban J connectivity index is 1.82. The first-order chi connectivity index (χ1) is 12.9. The summed E-state index contributed by atoms with van der Waals surface area (Å²) >= 11 is 12.3. The van der Waals surface area contributed by atoms with Crippen molar-refractivity contribution in [3.8, 4) is 0 Å². The van der Waals surface area contributed by atoms with E-state index in [9.17, 15) is 20.2 Å². The summed E-state index contributed by atoms with van der Waals surface area (Å²) in [5.74, 6) is 0.00901. The molecule has 1 aliphatic carbocycles. The Hall–Kier alpha value is -2.64. The molecule has 0 spiro atoms. The topological polar surface area (TPSA) is 98.3 Å². The molecule has 0 radical (unpaired) electrons. The molecule has 0 saturated heterocycles. The van der Waals surface area contributed by atoms with Crippen LogP contribution in [0.4, 0.5) is 17.1 Å². The van der Waals surface area contributed by atoms with E-state index in [-0.39, 0.29) is 39.3 Å². The lowest BCUT2D eigenvalue weighted by molar-refractivity contribution is -0.385. The van der Waals surface area contributed by atoms with Crippen molar-refractivity contribution in [3.63, 3.8) is 0 Å². The smallest absolute Gasteiger partial charge is 0.288 e. The number of nitro benzene ring substituents is 2. The highest BCUT2D eigenvalue weighted by atomic mass is 35.5. The van der Waals surface area contributed by atoms with Crippen molar-refractivity contribution >= 4 is 40.3 Å². The van der Waals surface area contributed by atoms with Gasteiger partial charge < -0.3 is 5.32 Å². The van der Waals surface area contributed by atoms with Crippen molar-refractivity contribution in [1.82, 2.24) is 0 Å². The predicted molar refractivity (Wildman–Crippen MR) is 103 cm³/mol. The number of rotatable bonds is 3. The Bertz CT molecular complexity index is 1010. The molecule has 27 heavy (non-hydrogen) atoms. The van der Waals surface area contributed by atoms with E-state index in [1.54, 1.807) is 12.1 Å². The Labute approximate surface area is 163 Å². The predicted octanol–water partition coefficient (Wildman–Crippen LogP) is 5.64. The third-order valence-corrected chi connectivity index (χ3v) is 5.76. The van der Waals surface area contributed by atoms with Crippen LogP contribution >= 0.6 is 23.2 Å². The van der Waals surface area contributed by atoms with E-state index in [1.165, 1.54) is 18.2 Å². The van der Waals surface area contributed by atoms with Gasteiger partial charge in [-0.05, 0) is 29.5 Å². The second-order valence-corrected chi connectivity index (χ2v) is 7.41. The highest BCUT2D eigenvalue weighted by Gasteiger charge is 2.40. The summed E-state index contributed by atoms with van der Waals surface area (Å²) in [6.07, 6.45) is 4.79. The molecule has 1 heterocycles. The van der Waals surface area contributed by atoms with Gasteiger partial charge in [-0.25, -0.2) is 0 Å². The van der Waals surface area contributed by atoms with Gasteiger partial charge in [0, 0.05) is 24.1 Å². The number of benzene rings is 2. The average Bonchev–Trinajstić information content (AvgIpc) is 3.11. The molecule has 0 bridgehead atoms. The Kier molecular flexibility index (Phi) is 4.28. The minimum absolute atomic E-state index is 0.0554. The number of anilines is 1. The summed E-state index contributed by atoms with van der Waals surface area (Å²) in [6.45, 7) is 0. The normalized spacial score (nSPS) is 22.7. The SMILES string of the molecule is O=[N+]([O-])c1cc(Cl)c2c(c1)[C@@H]1C=CC[C@@H]1[C@H](c1ccc(Cl)c([N+](=O)[O-])c1)N2. The molecule has 2 aromatic carbocycles. The Morgan fingerprint density at radius 3 is 2.52 bits per heavy atom. The summed E-state index contributed by atoms with van der Waals surface area (Å²) in [6, 6.07) is 7.37. The first-order valence-electron chi connectivity index (χ1n) is 8.21. The van der Waals surface area contributed by atoms with Crippen LogP contribution in [0.5, 0.6) is 0 Å². The van der Waals surface area contributed by atoms with Crippen LogP contribution in [-0.4, -0.2) is 9.85 Å². The molecular formula is C18H13Cl2N3O4. The van der Waals surface area contributed by atoms with Gasteiger partial charge >= 0.3 is 0 Å². The molecule has 2 aromatic rings. The number of allylic oxidation sites excluding steroid dienone is 2. The highest BCUT2D eigenvalue weighted by molar-refractivity contribution is 6.33. The van der Waals surface area contributed by atoms with Crippen LogP contribution in [0.2, 0.25) is 10.0 Å². The summed E-state index contributed by atoms with van der Waals surface area (Å²) in [5, 5.41) is 26.1. The fourth-order valence-corrected chi connectivity index (χ4v) is 4.40. The van der Waals surface area contributed by atoms with Crippen LogP contribution in [0.3, 0.4) is 0 Å². The van der Waals surface area contributed by atoms with Gasteiger partial charge in [0.15, 0.2) is 0 Å². The fourth-order valence-electron chi connectivity index (χ4n) is 3.94. The third-order valence-electron chi connectivity index (χ3n) is 5.14. The number of fused-ring (bicyclic) bond motifs is 3. The first kappa shape index (κ1) is 17.8. The van der Waals surface area contributed by atoms with Crippen molar-refractivity contribution in [1.29, 1.82) is 0 Å². The molecule has 0 saturated carbocycles. The van der Waals surface area contributed by atoms with E-state index in [1.807, 2.05) is 12.2 Å². The van der Waals surface area contributed by atoms with E-state index in [0.717, 1.165) is 17.5 Å². The molecule has 2 aliphatic rings. The van der Waals surface area contributed by atoms with E-state index in [0.29, 0.717) is 5.69 Å². The van der Waals surface area contributed by atoms with Crippen molar-refractivity contribution in [2.24, 2.45) is 5.92 Å². The van der Waals surface area contributed by atoms with Gasteiger partial charge in [-0.3, -0.25) is 20.2 Å². The maximum atomic E-state index is 11.2. The molecule has 0 amide bonds. The van der Waals surface area contributed by atoms with Gasteiger partial charge in [-0.1, -0.05) is 41.4 Å². The van der Waals surface area contributed by atoms with Crippen LogP contribution in [-0.2, 0) is 0 Å². The number of non-ortho nitro benzene ring substituents is 1. The lowest BCUT2D eigenvalue weighted by atomic mass is 9.77. The monoisotopic (exact) mass is 405 g/mol. The molecule has 1 N–H and O–H groups in total. The molecular weight excluding hydrogens is 393 g/mol. The van der Waals surface area contributed by atoms with Crippen LogP contribution < -0.4 is 5.32 Å². The van der Waals surface area contributed by atoms with Crippen molar-refractivity contribution in [3.05, 3.63) is 83.9 Å². The van der Waals surface area contributed by atoms with E-state index < -0.39 is 9.85 Å². The van der Waals surface area contributed by atoms with Gasteiger partial charge in [-0.15, -0.1) is 0 Å². The van der Waals surface area contributed by atoms with E-state index in [2.05, 4.69) is 5.32 Å². The van der Waals surface area contributed by atoms with Gasteiger partial charge in [0.05, 0.1) is 26.6 Å². The molecule has 1 aliphatic heterocycles. The molecule has 138 valence electrons. The molecule has 7 nitrogen and oxygen atoms in total. The molecule has 9 heteroatoms. The van der Waals surface area contributed by atoms with Gasteiger partial charge in [-0.2, -0.15) is 0 Å². The summed E-state index contributed by atoms with van der Waals surface area (Å²) in [5.41, 5.74) is 1.91. The van der Waals surface area contributed by atoms with Crippen molar-refractivity contribution in [2.45, 2.75) is 18.4 Å². The second-order valence-electron chi connectivity index (χ2n) is 6.59. The number of hydrogen-bond acceptors (Lipinski definition) is 5. The average molecular weight is 406 g/mol. The molecule has 3 atom stereocenters. The van der Waals surface area contributed by atoms with Crippen LogP contribution in [0, 0.1) is 26.1 Å². The van der Waals surface area contributed by atoms with Crippen molar-refractivity contribution in [2.75, 3.05) is 5.32 Å². The molecule has 0 aromatic heterocycles. The summed E-state index contributed by atoms with van der Waals surface area (Å²) in [4.78, 5) is 21.4. The minimum atomic E-state index is -0.511. The molecule has 4 rings (SSSR count). The molecule has 0 fully saturated rings. The van der Waals surface area contributed by atoms with Gasteiger partial charge in [0.1, 0.15) is 5.02 Å². The maximum Gasteiger partial charge on any atom is 0.288 e. The quantitative estimate of drug-likeness (QED) is 0.404. The fraction of sp³-hybridized carbons (Fsp3) is 0.222. The maximum absolute atomic E-state index is 11.2. The van der Waals surface area contributed by atoms with Crippen LogP contribution in [0.1, 0.15) is 29.5 Å².